The molecule has 0 radical (unpaired) electrons. The van der Waals surface area contributed by atoms with Gasteiger partial charge in [0, 0.05) is 16.7 Å². The van der Waals surface area contributed by atoms with Gasteiger partial charge in [-0.05, 0) is 27.2 Å². The molecule has 1 heterocycles. The Bertz CT molecular complexity index is 263. The molecule has 1 aliphatic heterocycles. The number of carbonyl (C=O) groups is 1. The summed E-state index contributed by atoms with van der Waals surface area (Å²) in [4.78, 5) is 13.8. The Morgan fingerprint density at radius 3 is 2.00 bits per heavy atom. The van der Waals surface area contributed by atoms with E-state index in [9.17, 15) is 4.79 Å². The second-order valence-electron chi connectivity index (χ2n) is 5.25. The van der Waals surface area contributed by atoms with E-state index in [1.807, 2.05) is 25.7 Å². The molecule has 2 nitrogen and oxygen atoms in total. The first kappa shape index (κ1) is 10.3. The number of allylic oxidation sites excluding steroid dienone is 1. The first-order chi connectivity index (χ1) is 5.68. The van der Waals surface area contributed by atoms with Crippen molar-refractivity contribution in [3.05, 3.63) is 12.3 Å². The zero-order valence-electron chi connectivity index (χ0n) is 9.27. The van der Waals surface area contributed by atoms with Crippen LogP contribution >= 0.6 is 0 Å². The van der Waals surface area contributed by atoms with Gasteiger partial charge in [-0.1, -0.05) is 20.4 Å². The van der Waals surface area contributed by atoms with E-state index in [1.54, 1.807) is 0 Å². The zero-order chi connectivity index (χ0) is 10.4. The summed E-state index contributed by atoms with van der Waals surface area (Å²) in [5.41, 5.74) is 0.537. The average molecular weight is 181 g/mol. The Labute approximate surface area is 80.6 Å². The molecule has 0 aromatic heterocycles. The highest BCUT2D eigenvalue weighted by molar-refractivity contribution is 5.86. The van der Waals surface area contributed by atoms with Gasteiger partial charge in [0.15, 0.2) is 0 Å². The Hall–Kier alpha value is -0.790. The smallest absolute Gasteiger partial charge is 0.232 e. The van der Waals surface area contributed by atoms with Gasteiger partial charge < -0.3 is 4.90 Å². The van der Waals surface area contributed by atoms with E-state index in [1.165, 1.54) is 0 Å². The van der Waals surface area contributed by atoms with Crippen LogP contribution in [-0.4, -0.2) is 16.3 Å². The van der Waals surface area contributed by atoms with E-state index < -0.39 is 0 Å². The molecule has 1 amide bonds. The lowest BCUT2D eigenvalue weighted by molar-refractivity contribution is -0.134. The molecule has 74 valence electrons. The SMILES string of the molecule is C=C(C)N1C(=O)C(C)(C)CC1(C)C. The molecular weight excluding hydrogens is 162 g/mol. The maximum atomic E-state index is 11.9. The van der Waals surface area contributed by atoms with Gasteiger partial charge in [-0.25, -0.2) is 0 Å². The topological polar surface area (TPSA) is 20.3 Å². The van der Waals surface area contributed by atoms with Crippen molar-refractivity contribution in [2.45, 2.75) is 46.6 Å². The van der Waals surface area contributed by atoms with Gasteiger partial charge in [0.25, 0.3) is 0 Å². The van der Waals surface area contributed by atoms with Crippen molar-refractivity contribution < 1.29 is 4.79 Å². The third-order valence-corrected chi connectivity index (χ3v) is 2.64. The molecule has 0 aromatic rings. The highest BCUT2D eigenvalue weighted by Gasteiger charge is 2.49. The molecule has 1 fully saturated rings. The summed E-state index contributed by atoms with van der Waals surface area (Å²) in [5, 5.41) is 0. The molecule has 1 rings (SSSR count). The Balaban J connectivity index is 3.09. The predicted octanol–water partition coefficient (Wildman–Crippen LogP) is 2.56. The minimum absolute atomic E-state index is 0.0770. The van der Waals surface area contributed by atoms with E-state index >= 15 is 0 Å². The van der Waals surface area contributed by atoms with Crippen molar-refractivity contribution in [3.8, 4) is 0 Å². The standard InChI is InChI=1S/C11H19NO/c1-8(2)12-9(13)10(3,4)7-11(12,5)6/h1,7H2,2-6H3. The van der Waals surface area contributed by atoms with E-state index in [0.29, 0.717) is 0 Å². The van der Waals surface area contributed by atoms with E-state index in [0.717, 1.165) is 12.1 Å². The van der Waals surface area contributed by atoms with Crippen molar-refractivity contribution in [2.24, 2.45) is 5.41 Å². The summed E-state index contributed by atoms with van der Waals surface area (Å²) in [6.07, 6.45) is 0.895. The van der Waals surface area contributed by atoms with Crippen LogP contribution in [0.3, 0.4) is 0 Å². The van der Waals surface area contributed by atoms with Crippen molar-refractivity contribution in [2.75, 3.05) is 0 Å². The fourth-order valence-electron chi connectivity index (χ4n) is 2.50. The normalized spacial score (nSPS) is 25.0. The highest BCUT2D eigenvalue weighted by atomic mass is 16.2. The second-order valence-corrected chi connectivity index (χ2v) is 5.25. The van der Waals surface area contributed by atoms with Crippen LogP contribution in [0.4, 0.5) is 0 Å². The van der Waals surface area contributed by atoms with Crippen LogP contribution in [0, 0.1) is 5.41 Å². The molecule has 0 unspecified atom stereocenters. The fourth-order valence-corrected chi connectivity index (χ4v) is 2.50. The summed E-state index contributed by atoms with van der Waals surface area (Å²) >= 11 is 0. The Morgan fingerprint density at radius 1 is 1.38 bits per heavy atom. The van der Waals surface area contributed by atoms with Crippen LogP contribution in [0.2, 0.25) is 0 Å². The molecule has 2 heteroatoms. The van der Waals surface area contributed by atoms with Gasteiger partial charge in [0.1, 0.15) is 0 Å². The Morgan fingerprint density at radius 2 is 1.85 bits per heavy atom. The molecule has 0 aliphatic carbocycles. The van der Waals surface area contributed by atoms with Crippen LogP contribution < -0.4 is 0 Å². The summed E-state index contributed by atoms with van der Waals surface area (Å²) in [6, 6.07) is 0. The lowest BCUT2D eigenvalue weighted by atomic mass is 9.85. The number of likely N-dealkylation sites (tertiary alicyclic amines) is 1. The maximum Gasteiger partial charge on any atom is 0.232 e. The monoisotopic (exact) mass is 181 g/mol. The number of rotatable bonds is 1. The predicted molar refractivity (Wildman–Crippen MR) is 54.1 cm³/mol. The molecule has 0 spiro atoms. The van der Waals surface area contributed by atoms with Gasteiger partial charge >= 0.3 is 0 Å². The number of nitrogens with zero attached hydrogens (tertiary/aromatic N) is 1. The lowest BCUT2D eigenvalue weighted by Gasteiger charge is -2.31. The largest absolute Gasteiger partial charge is 0.311 e. The number of carbonyl (C=O) groups excluding carboxylic acids is 1. The summed E-state index contributed by atoms with van der Waals surface area (Å²) in [6.45, 7) is 13.9. The third-order valence-electron chi connectivity index (χ3n) is 2.64. The maximum absolute atomic E-state index is 11.9. The molecular formula is C11H19NO. The zero-order valence-corrected chi connectivity index (χ0v) is 9.27. The number of hydrogen-bond acceptors (Lipinski definition) is 1. The van der Waals surface area contributed by atoms with Gasteiger partial charge in [-0.3, -0.25) is 4.79 Å². The number of amides is 1. The lowest BCUT2D eigenvalue weighted by Crippen LogP contribution is -2.39. The van der Waals surface area contributed by atoms with Gasteiger partial charge in [-0.2, -0.15) is 0 Å². The number of hydrogen-bond donors (Lipinski definition) is 0. The van der Waals surface area contributed by atoms with Crippen LogP contribution in [0.1, 0.15) is 41.0 Å². The first-order valence-electron chi connectivity index (χ1n) is 4.69. The highest BCUT2D eigenvalue weighted by Crippen LogP contribution is 2.43. The van der Waals surface area contributed by atoms with Crippen molar-refractivity contribution >= 4 is 5.91 Å². The van der Waals surface area contributed by atoms with Gasteiger partial charge in [-0.15, -0.1) is 0 Å². The molecule has 0 aromatic carbocycles. The van der Waals surface area contributed by atoms with Gasteiger partial charge in [0.2, 0.25) is 5.91 Å². The molecule has 1 saturated heterocycles. The minimum Gasteiger partial charge on any atom is -0.311 e. The van der Waals surface area contributed by atoms with Crippen molar-refractivity contribution in [1.82, 2.24) is 4.90 Å². The quantitative estimate of drug-likeness (QED) is 0.608. The average Bonchev–Trinajstić information content (AvgIpc) is 1.96. The second kappa shape index (κ2) is 2.60. The van der Waals surface area contributed by atoms with Crippen molar-refractivity contribution in [3.63, 3.8) is 0 Å². The van der Waals surface area contributed by atoms with Crippen molar-refractivity contribution in [1.29, 1.82) is 0 Å². The molecule has 1 aliphatic rings. The summed E-state index contributed by atoms with van der Waals surface area (Å²) in [7, 11) is 0. The summed E-state index contributed by atoms with van der Waals surface area (Å²) in [5.74, 6) is 0.199. The molecule has 0 bridgehead atoms. The molecule has 0 saturated carbocycles. The Kier molecular flexibility index (Phi) is 2.06. The van der Waals surface area contributed by atoms with Crippen LogP contribution in [0.25, 0.3) is 0 Å². The van der Waals surface area contributed by atoms with Gasteiger partial charge in [0.05, 0.1) is 0 Å². The molecule has 0 atom stereocenters. The fraction of sp³-hybridized carbons (Fsp3) is 0.727. The molecule has 0 N–H and O–H groups in total. The van der Waals surface area contributed by atoms with Crippen LogP contribution in [0.5, 0.6) is 0 Å². The molecule has 13 heavy (non-hydrogen) atoms. The van der Waals surface area contributed by atoms with E-state index in [-0.39, 0.29) is 16.9 Å². The first-order valence-corrected chi connectivity index (χ1v) is 4.69. The third kappa shape index (κ3) is 1.50. The van der Waals surface area contributed by atoms with E-state index in [2.05, 4.69) is 20.4 Å². The minimum atomic E-state index is -0.234. The van der Waals surface area contributed by atoms with E-state index in [4.69, 9.17) is 0 Å². The van der Waals surface area contributed by atoms with Crippen LogP contribution in [0.15, 0.2) is 12.3 Å². The summed E-state index contributed by atoms with van der Waals surface area (Å²) < 4.78 is 0. The van der Waals surface area contributed by atoms with Crippen LogP contribution in [-0.2, 0) is 4.79 Å².